The molecule has 4 rings (SSSR count). The molecule has 0 unspecified atom stereocenters. The molecule has 2 aromatic rings. The second-order valence-corrected chi connectivity index (χ2v) is 10.1. The number of hydrogen-bond acceptors (Lipinski definition) is 6. The Kier molecular flexibility index (Phi) is 6.36. The largest absolute Gasteiger partial charge is 0.332 e. The second-order valence-electron chi connectivity index (χ2n) is 9.00. The first-order valence-electron chi connectivity index (χ1n) is 11.2. The highest BCUT2D eigenvalue weighted by Crippen LogP contribution is 2.34. The summed E-state index contributed by atoms with van der Waals surface area (Å²) in [4.78, 5) is 43.8. The third-order valence-corrected chi connectivity index (χ3v) is 6.85. The Labute approximate surface area is 187 Å². The Balaban J connectivity index is 1.65. The maximum atomic E-state index is 13.2. The van der Waals surface area contributed by atoms with Crippen LogP contribution in [0.1, 0.15) is 73.4 Å². The Morgan fingerprint density at radius 1 is 1.19 bits per heavy atom. The lowest BCUT2D eigenvalue weighted by molar-refractivity contribution is -0.134. The lowest BCUT2D eigenvalue weighted by atomic mass is 9.98. The first-order chi connectivity index (χ1) is 14.8. The van der Waals surface area contributed by atoms with E-state index in [0.29, 0.717) is 44.1 Å². The Morgan fingerprint density at radius 3 is 2.71 bits per heavy atom. The fourth-order valence-corrected chi connectivity index (χ4v) is 5.16. The van der Waals surface area contributed by atoms with Crippen molar-refractivity contribution in [1.82, 2.24) is 19.9 Å². The number of aromatic nitrogens is 3. The van der Waals surface area contributed by atoms with E-state index in [0.717, 1.165) is 47.0 Å². The molecule has 0 aliphatic carbocycles. The van der Waals surface area contributed by atoms with E-state index in [4.69, 9.17) is 9.97 Å². The first-order valence-corrected chi connectivity index (χ1v) is 12.1. The molecule has 7 nitrogen and oxygen atoms in total. The van der Waals surface area contributed by atoms with Gasteiger partial charge in [-0.05, 0) is 45.4 Å². The second kappa shape index (κ2) is 9.02. The van der Waals surface area contributed by atoms with Crippen LogP contribution in [0.15, 0.2) is 5.38 Å². The van der Waals surface area contributed by atoms with E-state index in [1.54, 1.807) is 11.3 Å². The molecule has 1 fully saturated rings. The van der Waals surface area contributed by atoms with Gasteiger partial charge in [-0.3, -0.25) is 14.5 Å². The number of rotatable bonds is 5. The smallest absolute Gasteiger partial charge is 0.229 e. The predicted molar refractivity (Wildman–Crippen MR) is 121 cm³/mol. The standard InChI is InChI=1S/C23H31N5O2S/c1-14(2)12-28-20(29)9-8-18-15(3)24-22(26-23(18)28)19-7-5-6-10-27(19)21(30)11-17-13-31-16(4)25-17/h13-14,19H,5-12H2,1-4H3/t19-/m1/s1. The molecule has 0 bridgehead atoms. The predicted octanol–water partition coefficient (Wildman–Crippen LogP) is 3.78. The summed E-state index contributed by atoms with van der Waals surface area (Å²) in [5.41, 5.74) is 2.82. The van der Waals surface area contributed by atoms with Crippen LogP contribution >= 0.6 is 11.3 Å². The molecule has 2 aliphatic heterocycles. The molecule has 8 heteroatoms. The average Bonchev–Trinajstić information content (AvgIpc) is 3.14. The third-order valence-electron chi connectivity index (χ3n) is 6.02. The lowest BCUT2D eigenvalue weighted by Crippen LogP contribution is -2.42. The molecule has 0 aromatic carbocycles. The summed E-state index contributed by atoms with van der Waals surface area (Å²) < 4.78 is 0. The molecule has 2 aromatic heterocycles. The highest BCUT2D eigenvalue weighted by molar-refractivity contribution is 7.09. The topological polar surface area (TPSA) is 79.3 Å². The summed E-state index contributed by atoms with van der Waals surface area (Å²) in [7, 11) is 0. The zero-order valence-electron chi connectivity index (χ0n) is 18.8. The van der Waals surface area contributed by atoms with E-state index in [9.17, 15) is 9.59 Å². The fraction of sp³-hybridized carbons (Fsp3) is 0.609. The molecule has 166 valence electrons. The number of piperidine rings is 1. The molecular formula is C23H31N5O2S. The van der Waals surface area contributed by atoms with Crippen molar-refractivity contribution in [1.29, 1.82) is 0 Å². The van der Waals surface area contributed by atoms with Gasteiger partial charge in [-0.1, -0.05) is 13.8 Å². The summed E-state index contributed by atoms with van der Waals surface area (Å²) in [5, 5.41) is 2.93. The van der Waals surface area contributed by atoms with Crippen molar-refractivity contribution in [3.05, 3.63) is 33.2 Å². The molecule has 31 heavy (non-hydrogen) atoms. The number of fused-ring (bicyclic) bond motifs is 1. The summed E-state index contributed by atoms with van der Waals surface area (Å²) in [6.45, 7) is 9.53. The minimum absolute atomic E-state index is 0.0732. The van der Waals surface area contributed by atoms with Gasteiger partial charge in [0.05, 0.1) is 23.2 Å². The Bertz CT molecular complexity index is 986. The van der Waals surface area contributed by atoms with Crippen LogP contribution in [0.5, 0.6) is 0 Å². The summed E-state index contributed by atoms with van der Waals surface area (Å²) in [6.07, 6.45) is 4.37. The first kappa shape index (κ1) is 21.9. The number of hydrogen-bond donors (Lipinski definition) is 0. The molecule has 1 saturated heterocycles. The minimum Gasteiger partial charge on any atom is -0.332 e. The van der Waals surface area contributed by atoms with Crippen LogP contribution in [0.4, 0.5) is 5.82 Å². The van der Waals surface area contributed by atoms with Gasteiger partial charge < -0.3 is 4.90 Å². The van der Waals surface area contributed by atoms with E-state index >= 15 is 0 Å². The summed E-state index contributed by atoms with van der Waals surface area (Å²) >= 11 is 1.57. The lowest BCUT2D eigenvalue weighted by Gasteiger charge is -2.36. The van der Waals surface area contributed by atoms with Gasteiger partial charge in [0.2, 0.25) is 11.8 Å². The molecular weight excluding hydrogens is 410 g/mol. The number of carbonyl (C=O) groups is 2. The van der Waals surface area contributed by atoms with Gasteiger partial charge in [-0.2, -0.15) is 0 Å². The van der Waals surface area contributed by atoms with Crippen molar-refractivity contribution in [3.63, 3.8) is 0 Å². The Morgan fingerprint density at radius 2 is 2.00 bits per heavy atom. The highest BCUT2D eigenvalue weighted by Gasteiger charge is 2.34. The number of aryl methyl sites for hydroxylation is 2. The number of carbonyl (C=O) groups excluding carboxylic acids is 2. The quantitative estimate of drug-likeness (QED) is 0.705. The maximum Gasteiger partial charge on any atom is 0.229 e. The molecule has 0 radical (unpaired) electrons. The van der Waals surface area contributed by atoms with Crippen molar-refractivity contribution in [3.8, 4) is 0 Å². The van der Waals surface area contributed by atoms with E-state index in [1.807, 2.05) is 29.0 Å². The van der Waals surface area contributed by atoms with E-state index < -0.39 is 0 Å². The van der Waals surface area contributed by atoms with Crippen LogP contribution in [0, 0.1) is 19.8 Å². The van der Waals surface area contributed by atoms with Crippen LogP contribution in [-0.2, 0) is 22.4 Å². The van der Waals surface area contributed by atoms with Crippen molar-refractivity contribution in [2.45, 2.75) is 72.3 Å². The zero-order chi connectivity index (χ0) is 22.1. The number of amides is 2. The van der Waals surface area contributed by atoms with Crippen LogP contribution in [0.25, 0.3) is 0 Å². The Hall–Kier alpha value is -2.35. The molecule has 0 N–H and O–H groups in total. The van der Waals surface area contributed by atoms with Gasteiger partial charge in [-0.15, -0.1) is 11.3 Å². The fourth-order valence-electron chi connectivity index (χ4n) is 4.55. The molecule has 0 saturated carbocycles. The zero-order valence-corrected chi connectivity index (χ0v) is 19.7. The van der Waals surface area contributed by atoms with E-state index in [-0.39, 0.29) is 17.9 Å². The summed E-state index contributed by atoms with van der Waals surface area (Å²) in [5.74, 6) is 1.97. The van der Waals surface area contributed by atoms with Crippen molar-refractivity contribution < 1.29 is 9.59 Å². The molecule has 2 amide bonds. The SMILES string of the molecule is Cc1nc(CC(=O)N2CCCC[C@@H]2c2nc(C)c3c(n2)N(CC(C)C)C(=O)CC3)cs1. The highest BCUT2D eigenvalue weighted by atomic mass is 32.1. The van der Waals surface area contributed by atoms with Crippen LogP contribution < -0.4 is 4.90 Å². The minimum atomic E-state index is -0.150. The number of nitrogens with zero attached hydrogens (tertiary/aromatic N) is 5. The third kappa shape index (κ3) is 4.63. The van der Waals surface area contributed by atoms with Crippen molar-refractivity contribution >= 4 is 29.0 Å². The van der Waals surface area contributed by atoms with Gasteiger partial charge in [0.15, 0.2) is 5.82 Å². The summed E-state index contributed by atoms with van der Waals surface area (Å²) in [6, 6.07) is -0.150. The van der Waals surface area contributed by atoms with E-state index in [1.165, 1.54) is 0 Å². The van der Waals surface area contributed by atoms with Crippen LogP contribution in [0.2, 0.25) is 0 Å². The van der Waals surface area contributed by atoms with E-state index in [2.05, 4.69) is 18.8 Å². The monoisotopic (exact) mass is 441 g/mol. The normalized spacial score (nSPS) is 19.1. The molecule has 4 heterocycles. The maximum absolute atomic E-state index is 13.2. The number of likely N-dealkylation sites (tertiary alicyclic amines) is 1. The number of thiazole rings is 1. The molecule has 1 atom stereocenters. The van der Waals surface area contributed by atoms with Crippen LogP contribution in [-0.4, -0.2) is 44.8 Å². The van der Waals surface area contributed by atoms with Gasteiger partial charge in [0.1, 0.15) is 5.82 Å². The van der Waals surface area contributed by atoms with Crippen molar-refractivity contribution in [2.24, 2.45) is 5.92 Å². The molecule has 2 aliphatic rings. The van der Waals surface area contributed by atoms with Gasteiger partial charge >= 0.3 is 0 Å². The van der Waals surface area contributed by atoms with Gasteiger partial charge in [-0.25, -0.2) is 15.0 Å². The molecule has 0 spiro atoms. The number of anilines is 1. The van der Waals surface area contributed by atoms with Gasteiger partial charge in [0.25, 0.3) is 0 Å². The van der Waals surface area contributed by atoms with Crippen LogP contribution in [0.3, 0.4) is 0 Å². The van der Waals surface area contributed by atoms with Crippen molar-refractivity contribution in [2.75, 3.05) is 18.0 Å². The van der Waals surface area contributed by atoms with Gasteiger partial charge in [0, 0.05) is 36.1 Å². The average molecular weight is 442 g/mol.